The van der Waals surface area contributed by atoms with Gasteiger partial charge in [-0.2, -0.15) is 0 Å². The van der Waals surface area contributed by atoms with Gasteiger partial charge in [0.15, 0.2) is 0 Å². The van der Waals surface area contributed by atoms with E-state index in [4.69, 9.17) is 5.84 Å². The Labute approximate surface area is 107 Å². The number of hydrazine groups is 1. The molecule has 0 bridgehead atoms. The van der Waals surface area contributed by atoms with Crippen LogP contribution < -0.4 is 5.84 Å². The molecule has 2 N–H and O–H groups in total. The van der Waals surface area contributed by atoms with E-state index in [9.17, 15) is 4.79 Å². The van der Waals surface area contributed by atoms with Crippen LogP contribution in [0.25, 0.3) is 0 Å². The van der Waals surface area contributed by atoms with Crippen LogP contribution in [0.15, 0.2) is 29.2 Å². The Kier molecular flexibility index (Phi) is 6.08. The molecule has 3 nitrogen and oxygen atoms in total. The van der Waals surface area contributed by atoms with Crippen molar-refractivity contribution in [1.29, 1.82) is 0 Å². The van der Waals surface area contributed by atoms with Crippen LogP contribution in [0.1, 0.15) is 25.3 Å². The van der Waals surface area contributed by atoms with Crippen molar-refractivity contribution in [2.45, 2.75) is 31.1 Å². The standard InChI is InChI=1S/C13H20N2OS/c1-3-17-12-9-7-11(8-10-12)5-4-6-13(16)15(2)14/h7-10H,3-6,14H2,1-2H3. The van der Waals surface area contributed by atoms with E-state index in [0.29, 0.717) is 6.42 Å². The van der Waals surface area contributed by atoms with Gasteiger partial charge in [-0.1, -0.05) is 19.1 Å². The van der Waals surface area contributed by atoms with Gasteiger partial charge in [-0.05, 0) is 36.3 Å². The van der Waals surface area contributed by atoms with Crippen molar-refractivity contribution in [2.75, 3.05) is 12.8 Å². The molecular formula is C13H20N2OS. The van der Waals surface area contributed by atoms with Crippen LogP contribution in [0.4, 0.5) is 0 Å². The van der Waals surface area contributed by atoms with Crippen LogP contribution in [-0.4, -0.2) is 23.7 Å². The molecule has 0 atom stereocenters. The molecule has 0 aliphatic heterocycles. The molecule has 0 aromatic heterocycles. The predicted octanol–water partition coefficient (Wildman–Crippen LogP) is 2.45. The summed E-state index contributed by atoms with van der Waals surface area (Å²) >= 11 is 1.84. The van der Waals surface area contributed by atoms with Gasteiger partial charge in [0, 0.05) is 18.4 Å². The molecule has 1 aromatic carbocycles. The highest BCUT2D eigenvalue weighted by Crippen LogP contribution is 2.18. The lowest BCUT2D eigenvalue weighted by molar-refractivity contribution is -0.130. The summed E-state index contributed by atoms with van der Waals surface area (Å²) in [5, 5.41) is 1.15. The molecule has 4 heteroatoms. The molecular weight excluding hydrogens is 232 g/mol. The van der Waals surface area contributed by atoms with Gasteiger partial charge in [0.05, 0.1) is 0 Å². The molecule has 1 rings (SSSR count). The summed E-state index contributed by atoms with van der Waals surface area (Å²) in [6, 6.07) is 8.55. The molecule has 94 valence electrons. The number of hydrogen-bond acceptors (Lipinski definition) is 3. The Morgan fingerprint density at radius 3 is 2.53 bits per heavy atom. The summed E-state index contributed by atoms with van der Waals surface area (Å²) in [5.74, 6) is 6.43. The quantitative estimate of drug-likeness (QED) is 0.366. The van der Waals surface area contributed by atoms with Crippen molar-refractivity contribution in [2.24, 2.45) is 5.84 Å². The average Bonchev–Trinajstić information content (AvgIpc) is 2.31. The lowest BCUT2D eigenvalue weighted by Crippen LogP contribution is -2.32. The van der Waals surface area contributed by atoms with Gasteiger partial charge < -0.3 is 0 Å². The zero-order chi connectivity index (χ0) is 12.7. The second kappa shape index (κ2) is 7.35. The molecule has 1 amide bonds. The zero-order valence-corrected chi connectivity index (χ0v) is 11.3. The normalized spacial score (nSPS) is 10.3. The number of amides is 1. The molecule has 0 saturated carbocycles. The van der Waals surface area contributed by atoms with Crippen molar-refractivity contribution >= 4 is 17.7 Å². The van der Waals surface area contributed by atoms with Crippen molar-refractivity contribution in [3.63, 3.8) is 0 Å². The number of carbonyl (C=O) groups is 1. The molecule has 0 fully saturated rings. The third kappa shape index (κ3) is 5.24. The van der Waals surface area contributed by atoms with Gasteiger partial charge in [-0.15, -0.1) is 11.8 Å². The SMILES string of the molecule is CCSc1ccc(CCCC(=O)N(C)N)cc1. The largest absolute Gasteiger partial charge is 0.284 e. The van der Waals surface area contributed by atoms with E-state index < -0.39 is 0 Å². The summed E-state index contributed by atoms with van der Waals surface area (Å²) in [6.45, 7) is 2.15. The highest BCUT2D eigenvalue weighted by atomic mass is 32.2. The number of thioether (sulfide) groups is 1. The van der Waals surface area contributed by atoms with Gasteiger partial charge >= 0.3 is 0 Å². The molecule has 0 aliphatic carbocycles. The molecule has 17 heavy (non-hydrogen) atoms. The Morgan fingerprint density at radius 1 is 1.35 bits per heavy atom. The first-order valence-corrected chi connectivity index (χ1v) is 6.85. The van der Waals surface area contributed by atoms with Gasteiger partial charge in [0.1, 0.15) is 0 Å². The summed E-state index contributed by atoms with van der Waals surface area (Å²) in [6.07, 6.45) is 2.29. The predicted molar refractivity (Wildman–Crippen MR) is 72.7 cm³/mol. The Bertz CT molecular complexity index is 349. The molecule has 0 saturated heterocycles. The number of carbonyl (C=O) groups excluding carboxylic acids is 1. The fraction of sp³-hybridized carbons (Fsp3) is 0.462. The second-order valence-corrected chi connectivity index (χ2v) is 5.27. The topological polar surface area (TPSA) is 46.3 Å². The van der Waals surface area contributed by atoms with Crippen LogP contribution in [0.2, 0.25) is 0 Å². The summed E-state index contributed by atoms with van der Waals surface area (Å²) in [5.41, 5.74) is 1.28. The van der Waals surface area contributed by atoms with E-state index in [1.807, 2.05) is 11.8 Å². The van der Waals surface area contributed by atoms with Gasteiger partial charge in [0.2, 0.25) is 5.91 Å². The van der Waals surface area contributed by atoms with Crippen molar-refractivity contribution in [3.8, 4) is 0 Å². The summed E-state index contributed by atoms with van der Waals surface area (Å²) < 4.78 is 0. The van der Waals surface area contributed by atoms with E-state index in [-0.39, 0.29) is 5.91 Å². The number of aryl methyl sites for hydroxylation is 1. The fourth-order valence-corrected chi connectivity index (χ4v) is 2.20. The molecule has 0 unspecified atom stereocenters. The lowest BCUT2D eigenvalue weighted by atomic mass is 10.1. The fourth-order valence-electron chi connectivity index (χ4n) is 1.54. The Morgan fingerprint density at radius 2 is 2.00 bits per heavy atom. The van der Waals surface area contributed by atoms with E-state index in [1.165, 1.54) is 10.5 Å². The van der Waals surface area contributed by atoms with E-state index in [0.717, 1.165) is 23.6 Å². The monoisotopic (exact) mass is 252 g/mol. The number of nitrogens with two attached hydrogens (primary N) is 1. The molecule has 1 aromatic rings. The van der Waals surface area contributed by atoms with Crippen LogP contribution in [0.5, 0.6) is 0 Å². The van der Waals surface area contributed by atoms with E-state index in [1.54, 1.807) is 7.05 Å². The number of rotatable bonds is 6. The minimum absolute atomic E-state index is 0.0110. The third-order valence-corrected chi connectivity index (χ3v) is 3.38. The van der Waals surface area contributed by atoms with Gasteiger partial charge in [-0.25, -0.2) is 5.84 Å². The van der Waals surface area contributed by atoms with Gasteiger partial charge in [-0.3, -0.25) is 9.80 Å². The Hall–Kier alpha value is -1.00. The number of nitrogens with zero attached hydrogens (tertiary/aromatic N) is 1. The minimum Gasteiger partial charge on any atom is -0.284 e. The second-order valence-electron chi connectivity index (χ2n) is 3.94. The molecule has 0 heterocycles. The third-order valence-electron chi connectivity index (χ3n) is 2.48. The number of hydrogen-bond donors (Lipinski definition) is 1. The average molecular weight is 252 g/mol. The van der Waals surface area contributed by atoms with Gasteiger partial charge in [0.25, 0.3) is 0 Å². The van der Waals surface area contributed by atoms with Crippen LogP contribution in [0.3, 0.4) is 0 Å². The summed E-state index contributed by atoms with van der Waals surface area (Å²) in [4.78, 5) is 12.6. The van der Waals surface area contributed by atoms with E-state index in [2.05, 4.69) is 31.2 Å². The van der Waals surface area contributed by atoms with Crippen LogP contribution >= 0.6 is 11.8 Å². The number of benzene rings is 1. The van der Waals surface area contributed by atoms with Crippen molar-refractivity contribution in [1.82, 2.24) is 5.01 Å². The maximum Gasteiger partial charge on any atom is 0.236 e. The first kappa shape index (κ1) is 14.1. The highest BCUT2D eigenvalue weighted by Gasteiger charge is 2.04. The van der Waals surface area contributed by atoms with E-state index >= 15 is 0 Å². The zero-order valence-electron chi connectivity index (χ0n) is 10.5. The molecule has 0 radical (unpaired) electrons. The highest BCUT2D eigenvalue weighted by molar-refractivity contribution is 7.99. The maximum absolute atomic E-state index is 11.3. The molecule has 0 aliphatic rings. The summed E-state index contributed by atoms with van der Waals surface area (Å²) in [7, 11) is 1.58. The first-order valence-electron chi connectivity index (χ1n) is 5.86. The van der Waals surface area contributed by atoms with Crippen molar-refractivity contribution in [3.05, 3.63) is 29.8 Å². The van der Waals surface area contributed by atoms with Crippen LogP contribution in [0, 0.1) is 0 Å². The Balaban J connectivity index is 2.34. The molecule has 0 spiro atoms. The van der Waals surface area contributed by atoms with Crippen LogP contribution in [-0.2, 0) is 11.2 Å². The first-order chi connectivity index (χ1) is 8.13. The van der Waals surface area contributed by atoms with Crippen molar-refractivity contribution < 1.29 is 4.79 Å². The lowest BCUT2D eigenvalue weighted by Gasteiger charge is -2.09. The minimum atomic E-state index is -0.0110. The smallest absolute Gasteiger partial charge is 0.236 e. The maximum atomic E-state index is 11.3.